The average molecular weight is 266 g/mol. The number of rotatable bonds is 6. The summed E-state index contributed by atoms with van der Waals surface area (Å²) >= 11 is 0. The minimum absolute atomic E-state index is 0.0782. The van der Waals surface area contributed by atoms with Gasteiger partial charge in [-0.3, -0.25) is 0 Å². The van der Waals surface area contributed by atoms with E-state index in [2.05, 4.69) is 24.4 Å². The largest absolute Gasteiger partial charge is 0.478 e. The SMILES string of the molecule is Cc1ccccc1CNCc1ccccc1OCC#N. The Morgan fingerprint density at radius 1 is 1.00 bits per heavy atom. The maximum atomic E-state index is 8.58. The predicted molar refractivity (Wildman–Crippen MR) is 79.3 cm³/mol. The smallest absolute Gasteiger partial charge is 0.174 e. The van der Waals surface area contributed by atoms with Crippen LogP contribution in [0.15, 0.2) is 48.5 Å². The minimum Gasteiger partial charge on any atom is -0.478 e. The van der Waals surface area contributed by atoms with Gasteiger partial charge in [0.2, 0.25) is 0 Å². The summed E-state index contributed by atoms with van der Waals surface area (Å²) in [6.45, 7) is 3.73. The number of aryl methyl sites for hydroxylation is 1. The van der Waals surface area contributed by atoms with Crippen molar-refractivity contribution < 1.29 is 4.74 Å². The number of hydrogen-bond acceptors (Lipinski definition) is 3. The van der Waals surface area contributed by atoms with Crippen LogP contribution in [-0.2, 0) is 13.1 Å². The second-order valence-corrected chi connectivity index (χ2v) is 4.58. The van der Waals surface area contributed by atoms with Crippen LogP contribution in [0.3, 0.4) is 0 Å². The van der Waals surface area contributed by atoms with E-state index in [-0.39, 0.29) is 6.61 Å². The van der Waals surface area contributed by atoms with Gasteiger partial charge < -0.3 is 10.1 Å². The summed E-state index contributed by atoms with van der Waals surface area (Å²) in [6.07, 6.45) is 0. The summed E-state index contributed by atoms with van der Waals surface area (Å²) in [6, 6.07) is 18.1. The summed E-state index contributed by atoms with van der Waals surface area (Å²) in [4.78, 5) is 0. The Morgan fingerprint density at radius 2 is 1.65 bits per heavy atom. The van der Waals surface area contributed by atoms with E-state index in [1.165, 1.54) is 11.1 Å². The van der Waals surface area contributed by atoms with E-state index in [1.54, 1.807) is 0 Å². The zero-order valence-electron chi connectivity index (χ0n) is 11.6. The van der Waals surface area contributed by atoms with Crippen LogP contribution in [0.1, 0.15) is 16.7 Å². The molecule has 3 nitrogen and oxygen atoms in total. The molecule has 0 heterocycles. The van der Waals surface area contributed by atoms with Crippen LogP contribution in [0.2, 0.25) is 0 Å². The molecule has 0 aromatic heterocycles. The van der Waals surface area contributed by atoms with Crippen LogP contribution in [0.25, 0.3) is 0 Å². The molecule has 0 saturated carbocycles. The lowest BCUT2D eigenvalue weighted by Gasteiger charge is -2.11. The van der Waals surface area contributed by atoms with Gasteiger partial charge in [0, 0.05) is 18.7 Å². The van der Waals surface area contributed by atoms with E-state index < -0.39 is 0 Å². The number of nitriles is 1. The maximum Gasteiger partial charge on any atom is 0.174 e. The summed E-state index contributed by atoms with van der Waals surface area (Å²) < 4.78 is 5.41. The quantitative estimate of drug-likeness (QED) is 0.873. The van der Waals surface area contributed by atoms with Crippen molar-refractivity contribution in [1.29, 1.82) is 5.26 Å². The number of para-hydroxylation sites is 1. The predicted octanol–water partition coefficient (Wildman–Crippen LogP) is 3.19. The fraction of sp³-hybridized carbons (Fsp3) is 0.235. The molecule has 0 radical (unpaired) electrons. The van der Waals surface area contributed by atoms with E-state index in [4.69, 9.17) is 10.00 Å². The molecule has 102 valence electrons. The third-order valence-electron chi connectivity index (χ3n) is 3.16. The molecule has 1 N–H and O–H groups in total. The van der Waals surface area contributed by atoms with Crippen molar-refractivity contribution in [3.05, 3.63) is 65.2 Å². The molecule has 20 heavy (non-hydrogen) atoms. The Morgan fingerprint density at radius 3 is 2.40 bits per heavy atom. The molecule has 0 aliphatic carbocycles. The normalized spacial score (nSPS) is 10.0. The van der Waals surface area contributed by atoms with Gasteiger partial charge in [-0.2, -0.15) is 5.26 Å². The molecule has 0 amide bonds. The zero-order valence-corrected chi connectivity index (χ0v) is 11.6. The van der Waals surface area contributed by atoms with Gasteiger partial charge >= 0.3 is 0 Å². The van der Waals surface area contributed by atoms with Crippen molar-refractivity contribution in [2.75, 3.05) is 6.61 Å². The second-order valence-electron chi connectivity index (χ2n) is 4.58. The average Bonchev–Trinajstić information content (AvgIpc) is 2.48. The number of hydrogen-bond donors (Lipinski definition) is 1. The van der Waals surface area contributed by atoms with E-state index in [9.17, 15) is 0 Å². The molecule has 2 aromatic rings. The number of nitrogens with zero attached hydrogens (tertiary/aromatic N) is 1. The van der Waals surface area contributed by atoms with Crippen molar-refractivity contribution in [1.82, 2.24) is 5.32 Å². The van der Waals surface area contributed by atoms with Gasteiger partial charge in [-0.1, -0.05) is 42.5 Å². The molecular weight excluding hydrogens is 248 g/mol. The Kier molecular flexibility index (Phi) is 5.16. The Hall–Kier alpha value is -2.31. The molecule has 0 spiro atoms. The highest BCUT2D eigenvalue weighted by Crippen LogP contribution is 2.17. The Balaban J connectivity index is 1.94. The van der Waals surface area contributed by atoms with E-state index in [1.807, 2.05) is 42.5 Å². The molecular formula is C17H18N2O. The Bertz CT molecular complexity index is 602. The molecule has 0 aliphatic heterocycles. The summed E-state index contributed by atoms with van der Waals surface area (Å²) in [5.74, 6) is 0.770. The molecule has 0 bridgehead atoms. The van der Waals surface area contributed by atoms with Crippen molar-refractivity contribution in [2.24, 2.45) is 0 Å². The van der Waals surface area contributed by atoms with Crippen molar-refractivity contribution >= 4 is 0 Å². The summed E-state index contributed by atoms with van der Waals surface area (Å²) in [5.41, 5.74) is 3.65. The second kappa shape index (κ2) is 7.32. The minimum atomic E-state index is 0.0782. The van der Waals surface area contributed by atoms with Crippen LogP contribution in [0, 0.1) is 18.3 Å². The van der Waals surface area contributed by atoms with Crippen molar-refractivity contribution in [3.63, 3.8) is 0 Å². The third-order valence-corrected chi connectivity index (χ3v) is 3.16. The first-order valence-corrected chi connectivity index (χ1v) is 6.64. The monoisotopic (exact) mass is 266 g/mol. The maximum absolute atomic E-state index is 8.58. The fourth-order valence-electron chi connectivity index (χ4n) is 2.04. The molecule has 0 fully saturated rings. The third kappa shape index (κ3) is 3.84. The molecule has 0 aliphatic rings. The lowest BCUT2D eigenvalue weighted by Crippen LogP contribution is -2.14. The van der Waals surface area contributed by atoms with E-state index in [0.717, 1.165) is 24.4 Å². The fourth-order valence-corrected chi connectivity index (χ4v) is 2.04. The summed E-state index contributed by atoms with van der Waals surface area (Å²) in [7, 11) is 0. The Labute approximate surface area is 119 Å². The first-order valence-electron chi connectivity index (χ1n) is 6.64. The van der Waals surface area contributed by atoms with Gasteiger partial charge in [-0.05, 0) is 24.1 Å². The van der Waals surface area contributed by atoms with Crippen LogP contribution in [0.5, 0.6) is 5.75 Å². The van der Waals surface area contributed by atoms with Crippen LogP contribution in [-0.4, -0.2) is 6.61 Å². The number of ether oxygens (including phenoxy) is 1. The number of benzene rings is 2. The van der Waals surface area contributed by atoms with E-state index >= 15 is 0 Å². The lowest BCUT2D eigenvalue weighted by molar-refractivity contribution is 0.362. The van der Waals surface area contributed by atoms with Crippen LogP contribution < -0.4 is 10.1 Å². The highest BCUT2D eigenvalue weighted by Gasteiger charge is 2.03. The van der Waals surface area contributed by atoms with Gasteiger partial charge in [-0.15, -0.1) is 0 Å². The van der Waals surface area contributed by atoms with Crippen LogP contribution >= 0.6 is 0 Å². The zero-order chi connectivity index (χ0) is 14.2. The standard InChI is InChI=1S/C17H18N2O/c1-14-6-2-3-7-15(14)12-19-13-16-8-4-5-9-17(16)20-11-10-18/h2-9,19H,11-13H2,1H3. The number of nitrogens with one attached hydrogen (secondary N) is 1. The lowest BCUT2D eigenvalue weighted by atomic mass is 10.1. The topological polar surface area (TPSA) is 45.0 Å². The van der Waals surface area contributed by atoms with Crippen molar-refractivity contribution in [3.8, 4) is 11.8 Å². The first-order chi connectivity index (χ1) is 9.81. The molecule has 3 heteroatoms. The van der Waals surface area contributed by atoms with Crippen LogP contribution in [0.4, 0.5) is 0 Å². The summed E-state index contributed by atoms with van der Waals surface area (Å²) in [5, 5.41) is 12.0. The molecule has 0 saturated heterocycles. The first kappa shape index (κ1) is 14.1. The molecule has 0 atom stereocenters. The molecule has 2 rings (SSSR count). The van der Waals surface area contributed by atoms with Gasteiger partial charge in [0.05, 0.1) is 0 Å². The highest BCUT2D eigenvalue weighted by molar-refractivity contribution is 5.33. The van der Waals surface area contributed by atoms with Crippen molar-refractivity contribution in [2.45, 2.75) is 20.0 Å². The molecule has 0 unspecified atom stereocenters. The highest BCUT2D eigenvalue weighted by atomic mass is 16.5. The van der Waals surface area contributed by atoms with Gasteiger partial charge in [0.1, 0.15) is 11.8 Å². The molecule has 2 aromatic carbocycles. The van der Waals surface area contributed by atoms with Gasteiger partial charge in [-0.25, -0.2) is 0 Å². The van der Waals surface area contributed by atoms with Gasteiger partial charge in [0.25, 0.3) is 0 Å². The van der Waals surface area contributed by atoms with E-state index in [0.29, 0.717) is 0 Å². The van der Waals surface area contributed by atoms with Gasteiger partial charge in [0.15, 0.2) is 6.61 Å².